The SMILES string of the molecule is CN(C)CC(=O)Nc1cccc(C(=O)N(C)Cc2ccccc2)c1. The van der Waals surface area contributed by atoms with Crippen molar-refractivity contribution < 1.29 is 9.59 Å². The minimum Gasteiger partial charge on any atom is -0.337 e. The second-order valence-corrected chi connectivity index (χ2v) is 6.01. The summed E-state index contributed by atoms with van der Waals surface area (Å²) in [4.78, 5) is 27.9. The molecular weight excluding hydrogens is 302 g/mol. The number of hydrogen-bond acceptors (Lipinski definition) is 3. The highest BCUT2D eigenvalue weighted by atomic mass is 16.2. The van der Waals surface area contributed by atoms with E-state index in [2.05, 4.69) is 5.32 Å². The molecule has 1 N–H and O–H groups in total. The Morgan fingerprint density at radius 1 is 0.958 bits per heavy atom. The van der Waals surface area contributed by atoms with Gasteiger partial charge in [0.1, 0.15) is 0 Å². The summed E-state index contributed by atoms with van der Waals surface area (Å²) in [5.41, 5.74) is 2.25. The Kier molecular flexibility index (Phi) is 6.09. The Morgan fingerprint density at radius 2 is 1.67 bits per heavy atom. The summed E-state index contributed by atoms with van der Waals surface area (Å²) in [6, 6.07) is 16.8. The van der Waals surface area contributed by atoms with Gasteiger partial charge in [0, 0.05) is 24.8 Å². The van der Waals surface area contributed by atoms with Crippen LogP contribution >= 0.6 is 0 Å². The maximum atomic E-state index is 12.6. The van der Waals surface area contributed by atoms with Crippen LogP contribution < -0.4 is 5.32 Å². The van der Waals surface area contributed by atoms with Crippen molar-refractivity contribution in [2.75, 3.05) is 33.0 Å². The lowest BCUT2D eigenvalue weighted by molar-refractivity contribution is -0.116. The highest BCUT2D eigenvalue weighted by molar-refractivity contribution is 5.97. The van der Waals surface area contributed by atoms with Gasteiger partial charge < -0.3 is 15.1 Å². The normalized spacial score (nSPS) is 10.5. The minimum atomic E-state index is -0.109. The molecule has 0 bridgehead atoms. The van der Waals surface area contributed by atoms with Crippen molar-refractivity contribution in [3.05, 3.63) is 65.7 Å². The number of benzene rings is 2. The molecule has 0 unspecified atom stereocenters. The monoisotopic (exact) mass is 325 g/mol. The smallest absolute Gasteiger partial charge is 0.253 e. The van der Waals surface area contributed by atoms with E-state index < -0.39 is 0 Å². The van der Waals surface area contributed by atoms with Gasteiger partial charge in [-0.1, -0.05) is 36.4 Å². The molecule has 0 saturated heterocycles. The Morgan fingerprint density at radius 3 is 2.33 bits per heavy atom. The number of nitrogens with zero attached hydrogens (tertiary/aromatic N) is 2. The molecule has 2 aromatic carbocycles. The Hall–Kier alpha value is -2.66. The van der Waals surface area contributed by atoms with Crippen LogP contribution in [0.15, 0.2) is 54.6 Å². The molecule has 0 radical (unpaired) electrons. The number of anilines is 1. The number of likely N-dealkylation sites (N-methyl/N-ethyl adjacent to an activating group) is 1. The van der Waals surface area contributed by atoms with Crippen molar-refractivity contribution in [1.29, 1.82) is 0 Å². The van der Waals surface area contributed by atoms with Gasteiger partial charge in [-0.25, -0.2) is 0 Å². The first kappa shape index (κ1) is 17.7. The van der Waals surface area contributed by atoms with Crippen molar-refractivity contribution in [2.24, 2.45) is 0 Å². The summed E-state index contributed by atoms with van der Waals surface area (Å²) in [6.45, 7) is 0.836. The van der Waals surface area contributed by atoms with Crippen LogP contribution in [0.25, 0.3) is 0 Å². The first-order valence-electron chi connectivity index (χ1n) is 7.80. The van der Waals surface area contributed by atoms with E-state index in [4.69, 9.17) is 0 Å². The molecule has 0 fully saturated rings. The largest absolute Gasteiger partial charge is 0.337 e. The first-order chi connectivity index (χ1) is 11.5. The summed E-state index contributed by atoms with van der Waals surface area (Å²) in [5.74, 6) is -0.190. The molecule has 0 atom stereocenters. The molecule has 0 aliphatic heterocycles. The van der Waals surface area contributed by atoms with Crippen LogP contribution in [0, 0.1) is 0 Å². The van der Waals surface area contributed by atoms with E-state index in [1.165, 1.54) is 0 Å². The highest BCUT2D eigenvalue weighted by Crippen LogP contribution is 2.14. The number of carbonyl (C=O) groups excluding carboxylic acids is 2. The van der Waals surface area contributed by atoms with Gasteiger partial charge in [-0.2, -0.15) is 0 Å². The predicted octanol–water partition coefficient (Wildman–Crippen LogP) is 2.46. The standard InChI is InChI=1S/C19H23N3O2/c1-21(2)14-18(23)20-17-11-7-10-16(12-17)19(24)22(3)13-15-8-5-4-6-9-15/h4-12H,13-14H2,1-3H3,(H,20,23). The van der Waals surface area contributed by atoms with Crippen molar-refractivity contribution in [3.63, 3.8) is 0 Å². The third-order valence-electron chi connectivity index (χ3n) is 3.46. The van der Waals surface area contributed by atoms with Gasteiger partial charge in [-0.05, 0) is 37.9 Å². The quantitative estimate of drug-likeness (QED) is 0.887. The predicted molar refractivity (Wildman–Crippen MR) is 95.9 cm³/mol. The molecule has 0 aromatic heterocycles. The zero-order valence-corrected chi connectivity index (χ0v) is 14.3. The molecular formula is C19H23N3O2. The number of hydrogen-bond donors (Lipinski definition) is 1. The fraction of sp³-hybridized carbons (Fsp3) is 0.263. The molecule has 0 aliphatic rings. The zero-order chi connectivity index (χ0) is 17.5. The van der Waals surface area contributed by atoms with Gasteiger partial charge in [0.2, 0.25) is 5.91 Å². The summed E-state index contributed by atoms with van der Waals surface area (Å²) in [6.07, 6.45) is 0. The maximum absolute atomic E-state index is 12.6. The molecule has 0 aliphatic carbocycles. The molecule has 5 heteroatoms. The average molecular weight is 325 g/mol. The third-order valence-corrected chi connectivity index (χ3v) is 3.46. The van der Waals surface area contributed by atoms with Gasteiger partial charge in [0.25, 0.3) is 5.91 Å². The molecule has 2 rings (SSSR count). The molecule has 0 saturated carbocycles. The Balaban J connectivity index is 2.04. The lowest BCUT2D eigenvalue weighted by atomic mass is 10.1. The minimum absolute atomic E-state index is 0.0810. The molecule has 2 amide bonds. The van der Waals surface area contributed by atoms with Crippen LogP contribution in [0.2, 0.25) is 0 Å². The van der Waals surface area contributed by atoms with Crippen LogP contribution in [-0.2, 0) is 11.3 Å². The fourth-order valence-corrected chi connectivity index (χ4v) is 2.37. The lowest BCUT2D eigenvalue weighted by Crippen LogP contribution is -2.28. The molecule has 2 aromatic rings. The van der Waals surface area contributed by atoms with Crippen LogP contribution in [0.1, 0.15) is 15.9 Å². The first-order valence-corrected chi connectivity index (χ1v) is 7.80. The van der Waals surface area contributed by atoms with Gasteiger partial charge in [-0.3, -0.25) is 9.59 Å². The van der Waals surface area contributed by atoms with Gasteiger partial charge in [-0.15, -0.1) is 0 Å². The van der Waals surface area contributed by atoms with E-state index in [-0.39, 0.29) is 11.8 Å². The summed E-state index contributed by atoms with van der Waals surface area (Å²) < 4.78 is 0. The molecule has 0 heterocycles. The van der Waals surface area contributed by atoms with Crippen molar-refractivity contribution in [3.8, 4) is 0 Å². The average Bonchev–Trinajstić information content (AvgIpc) is 2.54. The van der Waals surface area contributed by atoms with E-state index in [0.29, 0.717) is 24.3 Å². The summed E-state index contributed by atoms with van der Waals surface area (Å²) in [7, 11) is 5.43. The summed E-state index contributed by atoms with van der Waals surface area (Å²) >= 11 is 0. The zero-order valence-electron chi connectivity index (χ0n) is 14.3. The van der Waals surface area contributed by atoms with Gasteiger partial charge in [0.05, 0.1) is 6.54 Å². The number of rotatable bonds is 6. The second kappa shape index (κ2) is 8.26. The fourth-order valence-electron chi connectivity index (χ4n) is 2.37. The van der Waals surface area contributed by atoms with Crippen LogP contribution in [0.5, 0.6) is 0 Å². The van der Waals surface area contributed by atoms with E-state index in [1.54, 1.807) is 41.1 Å². The van der Waals surface area contributed by atoms with Crippen LogP contribution in [0.4, 0.5) is 5.69 Å². The van der Waals surface area contributed by atoms with Crippen molar-refractivity contribution in [1.82, 2.24) is 9.80 Å². The van der Waals surface area contributed by atoms with Gasteiger partial charge >= 0.3 is 0 Å². The Labute approximate surface area is 142 Å². The summed E-state index contributed by atoms with van der Waals surface area (Å²) in [5, 5.41) is 2.81. The second-order valence-electron chi connectivity index (χ2n) is 6.01. The van der Waals surface area contributed by atoms with E-state index in [9.17, 15) is 9.59 Å². The highest BCUT2D eigenvalue weighted by Gasteiger charge is 2.13. The van der Waals surface area contributed by atoms with Gasteiger partial charge in [0.15, 0.2) is 0 Å². The molecule has 5 nitrogen and oxygen atoms in total. The van der Waals surface area contributed by atoms with E-state index in [1.807, 2.05) is 44.4 Å². The third kappa shape index (κ3) is 5.21. The molecule has 24 heavy (non-hydrogen) atoms. The number of amides is 2. The van der Waals surface area contributed by atoms with E-state index in [0.717, 1.165) is 5.56 Å². The Bertz CT molecular complexity index is 699. The number of nitrogens with one attached hydrogen (secondary N) is 1. The van der Waals surface area contributed by atoms with Crippen molar-refractivity contribution in [2.45, 2.75) is 6.54 Å². The van der Waals surface area contributed by atoms with Crippen LogP contribution in [0.3, 0.4) is 0 Å². The van der Waals surface area contributed by atoms with Crippen molar-refractivity contribution >= 4 is 17.5 Å². The maximum Gasteiger partial charge on any atom is 0.253 e. The molecule has 126 valence electrons. The van der Waals surface area contributed by atoms with Crippen LogP contribution in [-0.4, -0.2) is 49.3 Å². The van der Waals surface area contributed by atoms with E-state index >= 15 is 0 Å². The lowest BCUT2D eigenvalue weighted by Gasteiger charge is -2.18. The number of carbonyl (C=O) groups is 2. The topological polar surface area (TPSA) is 52.7 Å². The molecule has 0 spiro atoms.